The normalized spacial score (nSPS) is 29.7. The standard InChI is InChI=1S/C15H25N3O2/c1-14(7-6-10-19-14)13-17-12(20-18-13)11-15(16-2)8-4-3-5-9-15/h16H,3-11H2,1-2H3. The summed E-state index contributed by atoms with van der Waals surface area (Å²) in [6, 6.07) is 0. The van der Waals surface area contributed by atoms with Crippen LogP contribution in [0.1, 0.15) is 63.6 Å². The number of ether oxygens (including phenoxy) is 1. The molecule has 112 valence electrons. The van der Waals surface area contributed by atoms with Gasteiger partial charge in [0.1, 0.15) is 5.60 Å². The Bertz CT molecular complexity index is 446. The Hall–Kier alpha value is -0.940. The smallest absolute Gasteiger partial charge is 0.228 e. The van der Waals surface area contributed by atoms with Gasteiger partial charge in [0.2, 0.25) is 11.7 Å². The third-order valence-corrected chi connectivity index (χ3v) is 4.99. The second kappa shape index (κ2) is 5.45. The first-order valence-electron chi connectivity index (χ1n) is 7.82. The van der Waals surface area contributed by atoms with E-state index in [2.05, 4.69) is 22.4 Å². The van der Waals surface area contributed by atoms with Gasteiger partial charge in [-0.05, 0) is 39.7 Å². The summed E-state index contributed by atoms with van der Waals surface area (Å²) in [6.07, 6.45) is 9.15. The molecule has 1 saturated heterocycles. The molecule has 2 heterocycles. The molecule has 5 heteroatoms. The lowest BCUT2D eigenvalue weighted by Gasteiger charge is -2.36. The molecule has 1 aromatic heterocycles. The van der Waals surface area contributed by atoms with Crippen LogP contribution in [0.3, 0.4) is 0 Å². The maximum atomic E-state index is 5.78. The number of nitrogens with zero attached hydrogens (tertiary/aromatic N) is 2. The quantitative estimate of drug-likeness (QED) is 0.918. The van der Waals surface area contributed by atoms with Crippen LogP contribution in [-0.2, 0) is 16.8 Å². The fraction of sp³-hybridized carbons (Fsp3) is 0.867. The summed E-state index contributed by atoms with van der Waals surface area (Å²) < 4.78 is 11.3. The largest absolute Gasteiger partial charge is 0.367 e. The molecule has 20 heavy (non-hydrogen) atoms. The zero-order valence-electron chi connectivity index (χ0n) is 12.6. The molecule has 2 fully saturated rings. The third-order valence-electron chi connectivity index (χ3n) is 4.99. The van der Waals surface area contributed by atoms with Crippen molar-refractivity contribution >= 4 is 0 Å². The summed E-state index contributed by atoms with van der Waals surface area (Å²) in [6.45, 7) is 2.85. The predicted molar refractivity (Wildman–Crippen MR) is 75.4 cm³/mol. The van der Waals surface area contributed by atoms with Gasteiger partial charge in [-0.3, -0.25) is 0 Å². The molecule has 2 aliphatic rings. The number of aromatic nitrogens is 2. The second-order valence-corrected chi connectivity index (χ2v) is 6.46. The minimum Gasteiger partial charge on any atom is -0.367 e. The summed E-state index contributed by atoms with van der Waals surface area (Å²) in [4.78, 5) is 4.61. The monoisotopic (exact) mass is 279 g/mol. The van der Waals surface area contributed by atoms with Crippen molar-refractivity contribution in [3.8, 4) is 0 Å². The van der Waals surface area contributed by atoms with Crippen LogP contribution >= 0.6 is 0 Å². The molecule has 1 saturated carbocycles. The SMILES string of the molecule is CNC1(Cc2nc(C3(C)CCCO3)no2)CCCCC1. The minimum absolute atomic E-state index is 0.138. The summed E-state index contributed by atoms with van der Waals surface area (Å²) in [7, 11) is 2.05. The molecular weight excluding hydrogens is 254 g/mol. The van der Waals surface area contributed by atoms with Crippen molar-refractivity contribution in [1.82, 2.24) is 15.5 Å². The van der Waals surface area contributed by atoms with Gasteiger partial charge < -0.3 is 14.6 Å². The van der Waals surface area contributed by atoms with Gasteiger partial charge in [-0.1, -0.05) is 24.4 Å². The van der Waals surface area contributed by atoms with Gasteiger partial charge in [0, 0.05) is 18.6 Å². The summed E-state index contributed by atoms with van der Waals surface area (Å²) in [5.74, 6) is 1.46. The Morgan fingerprint density at radius 2 is 1.95 bits per heavy atom. The first kappa shape index (κ1) is 14.0. The van der Waals surface area contributed by atoms with Crippen molar-refractivity contribution < 1.29 is 9.26 Å². The van der Waals surface area contributed by atoms with E-state index in [0.717, 1.165) is 31.8 Å². The van der Waals surface area contributed by atoms with Gasteiger partial charge in [-0.15, -0.1) is 0 Å². The van der Waals surface area contributed by atoms with Gasteiger partial charge in [0.15, 0.2) is 0 Å². The molecule has 1 aromatic rings. The van der Waals surface area contributed by atoms with Crippen LogP contribution in [0.25, 0.3) is 0 Å². The van der Waals surface area contributed by atoms with E-state index in [4.69, 9.17) is 9.26 Å². The topological polar surface area (TPSA) is 60.2 Å². The van der Waals surface area contributed by atoms with Crippen molar-refractivity contribution in [2.45, 2.75) is 69.4 Å². The summed E-state index contributed by atoms with van der Waals surface area (Å²) in [5.41, 5.74) is -0.208. The van der Waals surface area contributed by atoms with Crippen molar-refractivity contribution in [3.63, 3.8) is 0 Å². The lowest BCUT2D eigenvalue weighted by atomic mass is 9.79. The van der Waals surface area contributed by atoms with E-state index in [1.807, 2.05) is 7.05 Å². The Labute approximate surface area is 120 Å². The molecule has 1 aliphatic heterocycles. The molecule has 3 rings (SSSR count). The van der Waals surface area contributed by atoms with Gasteiger partial charge >= 0.3 is 0 Å². The van der Waals surface area contributed by atoms with E-state index in [1.54, 1.807) is 0 Å². The van der Waals surface area contributed by atoms with Crippen molar-refractivity contribution in [1.29, 1.82) is 0 Å². The van der Waals surface area contributed by atoms with Crippen LogP contribution in [0.4, 0.5) is 0 Å². The average Bonchev–Trinajstić information content (AvgIpc) is 3.10. The highest BCUT2D eigenvalue weighted by atomic mass is 16.5. The average molecular weight is 279 g/mol. The highest BCUT2D eigenvalue weighted by molar-refractivity contribution is 5.04. The van der Waals surface area contributed by atoms with E-state index < -0.39 is 0 Å². The van der Waals surface area contributed by atoms with Gasteiger partial charge in [-0.2, -0.15) is 4.98 Å². The molecule has 5 nitrogen and oxygen atoms in total. The lowest BCUT2D eigenvalue weighted by Crippen LogP contribution is -2.46. The van der Waals surface area contributed by atoms with Crippen LogP contribution in [0, 0.1) is 0 Å². The molecule has 0 radical (unpaired) electrons. The first-order valence-corrected chi connectivity index (χ1v) is 7.82. The molecular formula is C15H25N3O2. The fourth-order valence-corrected chi connectivity index (χ4v) is 3.53. The maximum Gasteiger partial charge on any atom is 0.228 e. The van der Waals surface area contributed by atoms with Crippen LogP contribution in [-0.4, -0.2) is 29.3 Å². The molecule has 0 spiro atoms. The Balaban J connectivity index is 1.73. The zero-order valence-corrected chi connectivity index (χ0v) is 12.6. The molecule has 1 unspecified atom stereocenters. The predicted octanol–water partition coefficient (Wildman–Crippen LogP) is 2.56. The van der Waals surface area contributed by atoms with E-state index in [-0.39, 0.29) is 11.1 Å². The van der Waals surface area contributed by atoms with Gasteiger partial charge in [-0.25, -0.2) is 0 Å². The number of nitrogens with one attached hydrogen (secondary N) is 1. The maximum absolute atomic E-state index is 5.78. The van der Waals surface area contributed by atoms with Crippen LogP contribution in [0.15, 0.2) is 4.52 Å². The zero-order chi connectivity index (χ0) is 14.1. The van der Waals surface area contributed by atoms with E-state index in [1.165, 1.54) is 32.1 Å². The fourth-order valence-electron chi connectivity index (χ4n) is 3.53. The molecule has 1 N–H and O–H groups in total. The number of rotatable bonds is 4. The van der Waals surface area contributed by atoms with E-state index >= 15 is 0 Å². The van der Waals surface area contributed by atoms with Crippen LogP contribution < -0.4 is 5.32 Å². The second-order valence-electron chi connectivity index (χ2n) is 6.46. The van der Waals surface area contributed by atoms with Crippen LogP contribution in [0.5, 0.6) is 0 Å². The van der Waals surface area contributed by atoms with E-state index in [0.29, 0.717) is 5.82 Å². The molecule has 1 atom stereocenters. The van der Waals surface area contributed by atoms with Crippen molar-refractivity contribution in [2.24, 2.45) is 0 Å². The van der Waals surface area contributed by atoms with E-state index in [9.17, 15) is 0 Å². The molecule has 0 aromatic carbocycles. The highest BCUT2D eigenvalue weighted by Gasteiger charge is 2.38. The van der Waals surface area contributed by atoms with Crippen molar-refractivity contribution in [3.05, 3.63) is 11.7 Å². The number of hydrogen-bond acceptors (Lipinski definition) is 5. The minimum atomic E-state index is -0.346. The summed E-state index contributed by atoms with van der Waals surface area (Å²) >= 11 is 0. The Morgan fingerprint density at radius 1 is 1.15 bits per heavy atom. The molecule has 0 bridgehead atoms. The molecule has 1 aliphatic carbocycles. The number of likely N-dealkylation sites (N-methyl/N-ethyl adjacent to an activating group) is 1. The van der Waals surface area contributed by atoms with Crippen molar-refractivity contribution in [2.75, 3.05) is 13.7 Å². The Morgan fingerprint density at radius 3 is 2.60 bits per heavy atom. The Kier molecular flexibility index (Phi) is 3.82. The number of hydrogen-bond donors (Lipinski definition) is 1. The third kappa shape index (κ3) is 2.61. The highest BCUT2D eigenvalue weighted by Crippen LogP contribution is 2.35. The van der Waals surface area contributed by atoms with Crippen LogP contribution in [0.2, 0.25) is 0 Å². The molecule has 0 amide bonds. The van der Waals surface area contributed by atoms with Gasteiger partial charge in [0.05, 0.1) is 0 Å². The lowest BCUT2D eigenvalue weighted by molar-refractivity contribution is 0.00768. The van der Waals surface area contributed by atoms with Gasteiger partial charge in [0.25, 0.3) is 0 Å². The summed E-state index contributed by atoms with van der Waals surface area (Å²) in [5, 5.41) is 7.66. The first-order chi connectivity index (χ1) is 9.66.